The molecule has 0 amide bonds. The fourth-order valence-corrected chi connectivity index (χ4v) is 3.63. The molecule has 4 rings (SSSR count). The standard InChI is InChI=1S/C18H16N4S/c1-12-6-5-9-22-10-14(21-17(12)22)11-23-18-15-7-3-4-8-16(15)19-13(2)20-18/h3-10H,11H2,1-2H3. The van der Waals surface area contributed by atoms with E-state index in [-0.39, 0.29) is 0 Å². The van der Waals surface area contributed by atoms with Crippen LogP contribution < -0.4 is 0 Å². The van der Waals surface area contributed by atoms with E-state index >= 15 is 0 Å². The van der Waals surface area contributed by atoms with Crippen molar-refractivity contribution in [2.24, 2.45) is 0 Å². The fourth-order valence-electron chi connectivity index (χ4n) is 2.68. The van der Waals surface area contributed by atoms with Gasteiger partial charge in [-0.1, -0.05) is 36.0 Å². The van der Waals surface area contributed by atoms with Crippen molar-refractivity contribution in [1.82, 2.24) is 19.4 Å². The zero-order valence-corrected chi connectivity index (χ0v) is 13.8. The van der Waals surface area contributed by atoms with E-state index in [1.165, 1.54) is 5.56 Å². The first-order valence-corrected chi connectivity index (χ1v) is 8.48. The van der Waals surface area contributed by atoms with Crippen molar-refractivity contribution in [2.45, 2.75) is 24.6 Å². The normalized spacial score (nSPS) is 11.4. The first-order valence-electron chi connectivity index (χ1n) is 7.50. The highest BCUT2D eigenvalue weighted by atomic mass is 32.2. The quantitative estimate of drug-likeness (QED) is 0.419. The maximum absolute atomic E-state index is 4.73. The van der Waals surface area contributed by atoms with E-state index in [0.29, 0.717) is 0 Å². The van der Waals surface area contributed by atoms with E-state index in [9.17, 15) is 0 Å². The van der Waals surface area contributed by atoms with Crippen LogP contribution in [0.1, 0.15) is 17.1 Å². The molecule has 4 aromatic rings. The lowest BCUT2D eigenvalue weighted by Gasteiger charge is -2.05. The average Bonchev–Trinajstić information content (AvgIpc) is 2.97. The molecule has 5 heteroatoms. The zero-order valence-electron chi connectivity index (χ0n) is 13.0. The van der Waals surface area contributed by atoms with Crippen molar-refractivity contribution >= 4 is 28.3 Å². The third kappa shape index (κ3) is 2.68. The number of hydrogen-bond acceptors (Lipinski definition) is 4. The molecule has 1 aromatic carbocycles. The number of imidazole rings is 1. The maximum Gasteiger partial charge on any atom is 0.139 e. The van der Waals surface area contributed by atoms with Crippen LogP contribution in [0.25, 0.3) is 16.6 Å². The molecule has 0 aliphatic heterocycles. The van der Waals surface area contributed by atoms with E-state index in [4.69, 9.17) is 4.98 Å². The summed E-state index contributed by atoms with van der Waals surface area (Å²) in [6, 6.07) is 12.3. The Morgan fingerprint density at radius 2 is 1.87 bits per heavy atom. The van der Waals surface area contributed by atoms with Gasteiger partial charge in [0.15, 0.2) is 0 Å². The third-order valence-electron chi connectivity index (χ3n) is 3.76. The summed E-state index contributed by atoms with van der Waals surface area (Å²) in [5.74, 6) is 1.60. The number of hydrogen-bond donors (Lipinski definition) is 0. The van der Waals surface area contributed by atoms with Gasteiger partial charge in [0.05, 0.1) is 11.2 Å². The van der Waals surface area contributed by atoms with E-state index in [1.807, 2.05) is 37.4 Å². The largest absolute Gasteiger partial charge is 0.307 e. The Morgan fingerprint density at radius 1 is 1.00 bits per heavy atom. The molecule has 114 valence electrons. The first-order chi connectivity index (χ1) is 11.2. The van der Waals surface area contributed by atoms with Gasteiger partial charge in [-0.05, 0) is 31.5 Å². The number of aromatic nitrogens is 4. The number of thioether (sulfide) groups is 1. The highest BCUT2D eigenvalue weighted by Crippen LogP contribution is 2.28. The van der Waals surface area contributed by atoms with Crippen molar-refractivity contribution in [1.29, 1.82) is 0 Å². The minimum Gasteiger partial charge on any atom is -0.307 e. The molecule has 0 saturated carbocycles. The summed E-state index contributed by atoms with van der Waals surface area (Å²) in [4.78, 5) is 13.8. The molecule has 0 fully saturated rings. The summed E-state index contributed by atoms with van der Waals surface area (Å²) in [5.41, 5.74) is 4.26. The topological polar surface area (TPSA) is 43.1 Å². The molecule has 4 nitrogen and oxygen atoms in total. The molecule has 0 bridgehead atoms. The van der Waals surface area contributed by atoms with E-state index in [2.05, 4.69) is 39.6 Å². The SMILES string of the molecule is Cc1nc(SCc2cn3cccc(C)c3n2)c2ccccc2n1. The van der Waals surface area contributed by atoms with Crippen LogP contribution in [-0.4, -0.2) is 19.4 Å². The Labute approximate surface area is 138 Å². The minimum atomic E-state index is 0.793. The molecular formula is C18H16N4S. The molecule has 3 heterocycles. The molecule has 0 aliphatic carbocycles. The summed E-state index contributed by atoms with van der Waals surface area (Å²) in [6.07, 6.45) is 4.12. The molecule has 0 atom stereocenters. The van der Waals surface area contributed by atoms with Crippen molar-refractivity contribution < 1.29 is 0 Å². The molecule has 0 N–H and O–H groups in total. The van der Waals surface area contributed by atoms with Crippen LogP contribution in [0, 0.1) is 13.8 Å². The lowest BCUT2D eigenvalue weighted by molar-refractivity contribution is 1.01. The summed E-state index contributed by atoms with van der Waals surface area (Å²) in [7, 11) is 0. The fraction of sp³-hybridized carbons (Fsp3) is 0.167. The van der Waals surface area contributed by atoms with Gasteiger partial charge in [0.1, 0.15) is 16.5 Å². The van der Waals surface area contributed by atoms with Gasteiger partial charge in [0.25, 0.3) is 0 Å². The van der Waals surface area contributed by atoms with Gasteiger partial charge in [-0.15, -0.1) is 0 Å². The Morgan fingerprint density at radius 3 is 2.74 bits per heavy atom. The van der Waals surface area contributed by atoms with Crippen LogP contribution in [0.15, 0.2) is 53.8 Å². The van der Waals surface area contributed by atoms with Crippen LogP contribution >= 0.6 is 11.8 Å². The summed E-state index contributed by atoms with van der Waals surface area (Å²) in [6.45, 7) is 4.02. The number of benzene rings is 1. The van der Waals surface area contributed by atoms with Crippen molar-refractivity contribution in [2.75, 3.05) is 0 Å². The Balaban J connectivity index is 1.67. The molecule has 0 unspecified atom stereocenters. The first kappa shape index (κ1) is 14.2. The second-order valence-electron chi connectivity index (χ2n) is 5.54. The molecule has 0 spiro atoms. The second kappa shape index (κ2) is 5.66. The highest BCUT2D eigenvalue weighted by Gasteiger charge is 2.09. The minimum absolute atomic E-state index is 0.793. The van der Waals surface area contributed by atoms with Gasteiger partial charge >= 0.3 is 0 Å². The lowest BCUT2D eigenvalue weighted by atomic mass is 10.2. The smallest absolute Gasteiger partial charge is 0.139 e. The zero-order chi connectivity index (χ0) is 15.8. The maximum atomic E-state index is 4.73. The average molecular weight is 320 g/mol. The van der Waals surface area contributed by atoms with Gasteiger partial charge in [0.2, 0.25) is 0 Å². The Bertz CT molecular complexity index is 1010. The molecule has 0 radical (unpaired) electrons. The molecule has 0 saturated heterocycles. The summed E-state index contributed by atoms with van der Waals surface area (Å²) in [5, 5.41) is 2.12. The number of para-hydroxylation sites is 1. The predicted molar refractivity (Wildman–Crippen MR) is 93.8 cm³/mol. The van der Waals surface area contributed by atoms with Crippen LogP contribution in [0.3, 0.4) is 0 Å². The summed E-state index contributed by atoms with van der Waals surface area (Å²) < 4.78 is 2.08. The molecule has 3 aromatic heterocycles. The van der Waals surface area contributed by atoms with E-state index < -0.39 is 0 Å². The Hall–Kier alpha value is -2.40. The number of nitrogens with zero attached hydrogens (tertiary/aromatic N) is 4. The van der Waals surface area contributed by atoms with Crippen LogP contribution in [-0.2, 0) is 5.75 Å². The predicted octanol–water partition coefficient (Wildman–Crippen LogP) is 4.19. The summed E-state index contributed by atoms with van der Waals surface area (Å²) >= 11 is 1.71. The number of aryl methyl sites for hydroxylation is 2. The lowest BCUT2D eigenvalue weighted by Crippen LogP contribution is -1.93. The van der Waals surface area contributed by atoms with Crippen LogP contribution in [0.2, 0.25) is 0 Å². The second-order valence-corrected chi connectivity index (χ2v) is 6.50. The van der Waals surface area contributed by atoms with Gasteiger partial charge in [-0.2, -0.15) is 0 Å². The molecule has 0 aliphatic rings. The van der Waals surface area contributed by atoms with Gasteiger partial charge in [-0.3, -0.25) is 0 Å². The van der Waals surface area contributed by atoms with Gasteiger partial charge in [-0.25, -0.2) is 15.0 Å². The monoisotopic (exact) mass is 320 g/mol. The van der Waals surface area contributed by atoms with E-state index in [0.717, 1.165) is 38.8 Å². The van der Waals surface area contributed by atoms with Crippen LogP contribution in [0.5, 0.6) is 0 Å². The number of pyridine rings is 1. The highest BCUT2D eigenvalue weighted by molar-refractivity contribution is 7.98. The van der Waals surface area contributed by atoms with Gasteiger partial charge < -0.3 is 4.40 Å². The van der Waals surface area contributed by atoms with Crippen molar-refractivity contribution in [3.8, 4) is 0 Å². The number of rotatable bonds is 3. The molecule has 23 heavy (non-hydrogen) atoms. The van der Waals surface area contributed by atoms with E-state index in [1.54, 1.807) is 11.8 Å². The van der Waals surface area contributed by atoms with Gasteiger partial charge in [0, 0.05) is 23.5 Å². The third-order valence-corrected chi connectivity index (χ3v) is 4.79. The van der Waals surface area contributed by atoms with Crippen molar-refractivity contribution in [3.05, 3.63) is 65.9 Å². The Kier molecular flexibility index (Phi) is 3.50. The molecular weight excluding hydrogens is 304 g/mol. The van der Waals surface area contributed by atoms with Crippen molar-refractivity contribution in [3.63, 3.8) is 0 Å². The van der Waals surface area contributed by atoms with Crippen LogP contribution in [0.4, 0.5) is 0 Å². The number of fused-ring (bicyclic) bond motifs is 2.